The molecule has 0 aliphatic carbocycles. The van der Waals surface area contributed by atoms with Gasteiger partial charge in [-0.15, -0.1) is 0 Å². The number of aliphatic hydroxyl groups excluding tert-OH is 2. The topological polar surface area (TPSA) is 69.6 Å². The molecule has 1 atom stereocenters. The number of amides is 1. The number of nitrogens with one attached hydrogen (secondary N) is 1. The third kappa shape index (κ3) is 18.0. The van der Waals surface area contributed by atoms with E-state index in [4.69, 9.17) is 10.2 Å². The molecule has 1 unspecified atom stereocenters. The molecule has 1 amide bonds. The lowest BCUT2D eigenvalue weighted by Gasteiger charge is -2.08. The van der Waals surface area contributed by atoms with Crippen molar-refractivity contribution in [3.8, 4) is 0 Å². The van der Waals surface area contributed by atoms with Crippen molar-refractivity contribution in [1.29, 1.82) is 0 Å². The summed E-state index contributed by atoms with van der Waals surface area (Å²) in [7, 11) is 0. The summed E-state index contributed by atoms with van der Waals surface area (Å²) >= 11 is 0. The molecule has 0 aliphatic rings. The molecule has 0 aromatic heterocycles. The Morgan fingerprint density at radius 3 is 1.44 bits per heavy atom. The molecule has 0 saturated carbocycles. The Balaban J connectivity index is 3.08. The minimum absolute atomic E-state index is 0.469. The molecule has 0 aromatic carbocycles. The highest BCUT2D eigenvalue weighted by molar-refractivity contribution is 5.80. The van der Waals surface area contributed by atoms with Gasteiger partial charge >= 0.3 is 0 Å². The van der Waals surface area contributed by atoms with Crippen LogP contribution in [0.3, 0.4) is 0 Å². The molecule has 3 N–H and O–H groups in total. The maximum atomic E-state index is 11.2. The van der Waals surface area contributed by atoms with Crippen LogP contribution in [-0.2, 0) is 4.79 Å². The van der Waals surface area contributed by atoms with Gasteiger partial charge in [0.2, 0.25) is 0 Å². The number of unbranched alkanes of at least 4 members (excludes halogenated alkanes) is 15. The van der Waals surface area contributed by atoms with Crippen LogP contribution in [0, 0.1) is 0 Å². The van der Waals surface area contributed by atoms with Crippen LogP contribution in [0.5, 0.6) is 0 Å². The number of carbonyl (C=O) groups excluding carboxylic acids is 1. The molecule has 0 aliphatic heterocycles. The van der Waals surface area contributed by atoms with Crippen LogP contribution in [0.1, 0.15) is 110 Å². The van der Waals surface area contributed by atoms with Crippen LogP contribution in [0.2, 0.25) is 0 Å². The molecule has 0 radical (unpaired) electrons. The Labute approximate surface area is 155 Å². The molecule has 150 valence electrons. The zero-order valence-corrected chi connectivity index (χ0v) is 16.6. The summed E-state index contributed by atoms with van der Waals surface area (Å²) in [4.78, 5) is 11.2. The summed E-state index contributed by atoms with van der Waals surface area (Å²) in [5, 5.41) is 20.4. The fourth-order valence-electron chi connectivity index (χ4n) is 3.09. The van der Waals surface area contributed by atoms with Crippen LogP contribution < -0.4 is 5.32 Å². The first kappa shape index (κ1) is 24.4. The molecule has 4 heteroatoms. The first-order valence-corrected chi connectivity index (χ1v) is 10.8. The first-order valence-electron chi connectivity index (χ1n) is 10.8. The molecule has 25 heavy (non-hydrogen) atoms. The van der Waals surface area contributed by atoms with E-state index in [1.807, 2.05) is 0 Å². The van der Waals surface area contributed by atoms with Crippen LogP contribution in [-0.4, -0.2) is 35.4 Å². The summed E-state index contributed by atoms with van der Waals surface area (Å²) in [6.07, 6.45) is 20.0. The largest absolute Gasteiger partial charge is 0.393 e. The van der Waals surface area contributed by atoms with E-state index < -0.39 is 18.6 Å². The zero-order valence-electron chi connectivity index (χ0n) is 16.6. The van der Waals surface area contributed by atoms with E-state index in [0.29, 0.717) is 6.54 Å². The van der Waals surface area contributed by atoms with Crippen molar-refractivity contribution < 1.29 is 15.0 Å². The molecule has 0 spiro atoms. The van der Waals surface area contributed by atoms with E-state index >= 15 is 0 Å². The molecule has 0 bridgehead atoms. The van der Waals surface area contributed by atoms with Crippen molar-refractivity contribution in [2.75, 3.05) is 13.2 Å². The number of hydrogen-bond acceptors (Lipinski definition) is 3. The highest BCUT2D eigenvalue weighted by Crippen LogP contribution is 2.13. The minimum Gasteiger partial charge on any atom is -0.393 e. The second kappa shape index (κ2) is 19.7. The predicted octanol–water partition coefficient (Wildman–Crippen LogP) is 4.72. The number of aliphatic hydroxyl groups is 2. The zero-order chi connectivity index (χ0) is 18.6. The second-order valence-electron chi connectivity index (χ2n) is 7.29. The lowest BCUT2D eigenvalue weighted by atomic mass is 10.0. The third-order valence-electron chi connectivity index (χ3n) is 4.81. The van der Waals surface area contributed by atoms with Crippen molar-refractivity contribution >= 4 is 5.91 Å². The summed E-state index contributed by atoms with van der Waals surface area (Å²) in [5.74, 6) is -0.469. The Kier molecular flexibility index (Phi) is 19.2. The van der Waals surface area contributed by atoms with Crippen molar-refractivity contribution in [2.24, 2.45) is 0 Å². The summed E-state index contributed by atoms with van der Waals surface area (Å²) in [6.45, 7) is 2.35. The quantitative estimate of drug-likeness (QED) is 0.293. The average molecular weight is 358 g/mol. The van der Waals surface area contributed by atoms with Gasteiger partial charge in [-0.25, -0.2) is 0 Å². The average Bonchev–Trinajstić information content (AvgIpc) is 2.63. The normalized spacial score (nSPS) is 12.3. The van der Waals surface area contributed by atoms with Gasteiger partial charge in [-0.2, -0.15) is 0 Å². The van der Waals surface area contributed by atoms with Gasteiger partial charge in [0.1, 0.15) is 0 Å². The maximum Gasteiger partial charge on any atom is 0.251 e. The Hall–Kier alpha value is -0.610. The van der Waals surface area contributed by atoms with Crippen LogP contribution >= 0.6 is 0 Å². The van der Waals surface area contributed by atoms with Gasteiger partial charge in [0.25, 0.3) is 5.91 Å². The molecular weight excluding hydrogens is 314 g/mol. The summed E-state index contributed by atoms with van der Waals surface area (Å²) in [6, 6.07) is 0. The van der Waals surface area contributed by atoms with Crippen LogP contribution in [0.15, 0.2) is 0 Å². The van der Waals surface area contributed by atoms with Crippen molar-refractivity contribution in [3.05, 3.63) is 0 Å². The molecule has 0 saturated heterocycles. The van der Waals surface area contributed by atoms with Crippen LogP contribution in [0.25, 0.3) is 0 Å². The monoisotopic (exact) mass is 357 g/mol. The van der Waals surface area contributed by atoms with Crippen molar-refractivity contribution in [2.45, 2.75) is 116 Å². The predicted molar refractivity (Wildman–Crippen MR) is 106 cm³/mol. The van der Waals surface area contributed by atoms with Gasteiger partial charge in [-0.3, -0.25) is 4.79 Å². The van der Waals surface area contributed by atoms with E-state index in [1.54, 1.807) is 0 Å². The lowest BCUT2D eigenvalue weighted by molar-refractivity contribution is -0.131. The van der Waals surface area contributed by atoms with Crippen LogP contribution in [0.4, 0.5) is 0 Å². The van der Waals surface area contributed by atoms with E-state index in [1.165, 1.54) is 89.9 Å². The maximum absolute atomic E-state index is 11.2. The smallest absolute Gasteiger partial charge is 0.251 e. The Bertz CT molecular complexity index is 284. The highest BCUT2D eigenvalue weighted by Gasteiger charge is 2.11. The number of rotatable bonds is 19. The second-order valence-corrected chi connectivity index (χ2v) is 7.29. The number of hydrogen-bond donors (Lipinski definition) is 3. The molecule has 0 heterocycles. The van der Waals surface area contributed by atoms with Gasteiger partial charge in [-0.1, -0.05) is 103 Å². The third-order valence-corrected chi connectivity index (χ3v) is 4.81. The molecule has 0 rings (SSSR count). The van der Waals surface area contributed by atoms with Gasteiger partial charge in [0.05, 0.1) is 6.61 Å². The van der Waals surface area contributed by atoms with Gasteiger partial charge in [-0.05, 0) is 6.42 Å². The van der Waals surface area contributed by atoms with E-state index in [0.717, 1.165) is 12.8 Å². The fourth-order valence-corrected chi connectivity index (χ4v) is 3.09. The molecular formula is C21H43NO3. The van der Waals surface area contributed by atoms with Crippen molar-refractivity contribution in [1.82, 2.24) is 5.32 Å². The minimum atomic E-state index is -1.28. The van der Waals surface area contributed by atoms with Gasteiger partial charge in [0.15, 0.2) is 6.10 Å². The lowest BCUT2D eigenvalue weighted by Crippen LogP contribution is -2.37. The summed E-state index contributed by atoms with van der Waals surface area (Å²) in [5.41, 5.74) is 0. The molecule has 4 nitrogen and oxygen atoms in total. The Morgan fingerprint density at radius 2 is 1.08 bits per heavy atom. The van der Waals surface area contributed by atoms with E-state index in [2.05, 4.69) is 12.2 Å². The fraction of sp³-hybridized carbons (Fsp3) is 0.952. The van der Waals surface area contributed by atoms with E-state index in [-0.39, 0.29) is 0 Å². The Morgan fingerprint density at radius 1 is 0.720 bits per heavy atom. The summed E-state index contributed by atoms with van der Waals surface area (Å²) < 4.78 is 0. The SMILES string of the molecule is CCCCCCCCCCCCCCCCCCNC(=O)C(O)CO. The van der Waals surface area contributed by atoms with Gasteiger partial charge < -0.3 is 15.5 Å². The standard InChI is InChI=1S/C21H43NO3/c1-2-3-4-5-6-7-8-9-10-11-12-13-14-15-16-17-18-22-21(25)20(24)19-23/h20,23-24H,2-19H2,1H3,(H,22,25). The first-order chi connectivity index (χ1) is 12.2. The highest BCUT2D eigenvalue weighted by atomic mass is 16.3. The van der Waals surface area contributed by atoms with Crippen molar-refractivity contribution in [3.63, 3.8) is 0 Å². The van der Waals surface area contributed by atoms with E-state index in [9.17, 15) is 4.79 Å². The molecule has 0 aromatic rings. The van der Waals surface area contributed by atoms with Gasteiger partial charge in [0, 0.05) is 6.54 Å². The molecule has 0 fully saturated rings. The number of carbonyl (C=O) groups is 1.